The largest absolute Gasteiger partial charge is 0.353 e. The number of allylic oxidation sites excluding steroid dienone is 12. The van der Waals surface area contributed by atoms with Gasteiger partial charge in [0.05, 0.1) is 17.1 Å². The number of likely N-dealkylation sites (N-methyl/N-ethyl adjacent to an activating group) is 1. The van der Waals surface area contributed by atoms with E-state index in [2.05, 4.69) is 103 Å². The van der Waals surface area contributed by atoms with Gasteiger partial charge in [0, 0.05) is 43.2 Å². The highest BCUT2D eigenvalue weighted by Gasteiger charge is 2.30. The minimum Gasteiger partial charge on any atom is -0.353 e. The second-order valence-electron chi connectivity index (χ2n) is 11.6. The van der Waals surface area contributed by atoms with Crippen molar-refractivity contribution >= 4 is 40.4 Å². The van der Waals surface area contributed by atoms with Gasteiger partial charge in [0.15, 0.2) is 0 Å². The fraction of sp³-hybridized carbons (Fsp3) is 0.350. The maximum Gasteiger partial charge on any atom is 0.231 e. The summed E-state index contributed by atoms with van der Waals surface area (Å²) in [6.07, 6.45) is 33.3. The number of piperazine rings is 1. The van der Waals surface area contributed by atoms with Crippen LogP contribution in [0.4, 0.5) is 17.1 Å². The Morgan fingerprint density at radius 1 is 0.739 bits per heavy atom. The molecule has 242 valence electrons. The molecule has 1 amide bonds. The van der Waals surface area contributed by atoms with Gasteiger partial charge in [-0.25, -0.2) is 4.99 Å². The maximum absolute atomic E-state index is 13.8. The molecule has 0 bridgehead atoms. The van der Waals surface area contributed by atoms with E-state index >= 15 is 0 Å². The molecule has 2 aromatic carbocycles. The Hall–Kier alpha value is -3.93. The standard InChI is InChI=1S/C40H49ClN4O/c1-3-4-5-6-7-8-9-10-11-12-13-14-15-16-17-18-19-20-21-26-39(46)45-37-25-23-22-24-35(37)40(44-31-29-43(2)30-32-44)42-36-33-34(41)27-28-38(36)45/h4-5,7-8,10-11,13-14,16-17,19-20,22-25,27-28,33H,3,6,9,12,15,18,21,26,29-32H2,1-2H3/b5-4+,8-7+,11-10-,14-13+,17-16+,20-19-. The van der Waals surface area contributed by atoms with Crippen LogP contribution >= 0.6 is 11.6 Å². The number of rotatable bonds is 14. The Bertz CT molecular complexity index is 1470. The quantitative estimate of drug-likeness (QED) is 0.194. The third-order valence-electron chi connectivity index (χ3n) is 7.96. The number of aliphatic imine (C=N–C) groups is 1. The molecule has 5 nitrogen and oxygen atoms in total. The van der Waals surface area contributed by atoms with Gasteiger partial charge in [0.25, 0.3) is 0 Å². The zero-order valence-electron chi connectivity index (χ0n) is 27.5. The van der Waals surface area contributed by atoms with E-state index < -0.39 is 0 Å². The number of fused-ring (bicyclic) bond motifs is 2. The second kappa shape index (κ2) is 19.6. The summed E-state index contributed by atoms with van der Waals surface area (Å²) in [6, 6.07) is 13.7. The number of amides is 1. The molecule has 6 heteroatoms. The molecule has 2 aliphatic rings. The lowest BCUT2D eigenvalue weighted by Crippen LogP contribution is -2.47. The molecule has 46 heavy (non-hydrogen) atoms. The van der Waals surface area contributed by atoms with Gasteiger partial charge in [-0.3, -0.25) is 9.69 Å². The maximum atomic E-state index is 13.8. The zero-order chi connectivity index (χ0) is 32.4. The lowest BCUT2D eigenvalue weighted by molar-refractivity contribution is -0.117. The predicted molar refractivity (Wildman–Crippen MR) is 198 cm³/mol. The van der Waals surface area contributed by atoms with Gasteiger partial charge >= 0.3 is 0 Å². The third-order valence-corrected chi connectivity index (χ3v) is 8.20. The van der Waals surface area contributed by atoms with Crippen molar-refractivity contribution in [2.45, 2.75) is 58.3 Å². The number of hydrogen-bond acceptors (Lipinski definition) is 4. The Morgan fingerprint density at radius 3 is 1.91 bits per heavy atom. The average Bonchev–Trinajstić information content (AvgIpc) is 3.20. The number of amidine groups is 1. The van der Waals surface area contributed by atoms with Gasteiger partial charge < -0.3 is 9.80 Å². The van der Waals surface area contributed by atoms with Gasteiger partial charge in [0.2, 0.25) is 5.91 Å². The smallest absolute Gasteiger partial charge is 0.231 e. The predicted octanol–water partition coefficient (Wildman–Crippen LogP) is 10.1. The SMILES string of the molecule is CC/C=C/C/C=C/C/C=C\C/C=C/C/C=C/C/C=C\CCC(=O)N1c2ccc(Cl)cc2N=C(N2CCN(C)CC2)c2ccccc21. The van der Waals surface area contributed by atoms with E-state index in [1.165, 1.54) is 0 Å². The number of halogens is 1. The number of carbonyl (C=O) groups is 1. The molecule has 4 rings (SSSR count). The van der Waals surface area contributed by atoms with Crippen molar-refractivity contribution in [2.75, 3.05) is 38.1 Å². The van der Waals surface area contributed by atoms with Crippen molar-refractivity contribution in [1.29, 1.82) is 0 Å². The van der Waals surface area contributed by atoms with Crippen LogP contribution in [0.2, 0.25) is 5.02 Å². The lowest BCUT2D eigenvalue weighted by Gasteiger charge is -2.35. The van der Waals surface area contributed by atoms with Crippen LogP contribution in [0.5, 0.6) is 0 Å². The average molecular weight is 637 g/mol. The minimum absolute atomic E-state index is 0.0466. The minimum atomic E-state index is 0.0466. The van der Waals surface area contributed by atoms with E-state index in [-0.39, 0.29) is 5.91 Å². The fourth-order valence-electron chi connectivity index (χ4n) is 5.42. The summed E-state index contributed by atoms with van der Waals surface area (Å²) in [7, 11) is 2.15. The van der Waals surface area contributed by atoms with Crippen LogP contribution in [-0.4, -0.2) is 54.8 Å². The van der Waals surface area contributed by atoms with E-state index in [4.69, 9.17) is 16.6 Å². The summed E-state index contributed by atoms with van der Waals surface area (Å²) in [5.74, 6) is 0.949. The van der Waals surface area contributed by atoms with Crippen molar-refractivity contribution in [3.63, 3.8) is 0 Å². The van der Waals surface area contributed by atoms with Crippen molar-refractivity contribution in [2.24, 2.45) is 4.99 Å². The number of hydrogen-bond donors (Lipinski definition) is 0. The van der Waals surface area contributed by atoms with E-state index in [1.807, 2.05) is 41.3 Å². The molecule has 2 aliphatic heterocycles. The summed E-state index contributed by atoms with van der Waals surface area (Å²) in [6.45, 7) is 5.87. The Morgan fingerprint density at radius 2 is 1.30 bits per heavy atom. The highest BCUT2D eigenvalue weighted by Crippen LogP contribution is 2.42. The summed E-state index contributed by atoms with van der Waals surface area (Å²) < 4.78 is 0. The highest BCUT2D eigenvalue weighted by atomic mass is 35.5. The van der Waals surface area contributed by atoms with Gasteiger partial charge in [0.1, 0.15) is 5.84 Å². The number of benzene rings is 2. The number of nitrogens with zero attached hydrogens (tertiary/aromatic N) is 4. The second-order valence-corrected chi connectivity index (χ2v) is 12.0. The van der Waals surface area contributed by atoms with Crippen LogP contribution in [0, 0.1) is 0 Å². The molecule has 0 radical (unpaired) electrons. The van der Waals surface area contributed by atoms with E-state index in [9.17, 15) is 4.79 Å². The van der Waals surface area contributed by atoms with Crippen LogP contribution in [-0.2, 0) is 4.79 Å². The topological polar surface area (TPSA) is 39.2 Å². The van der Waals surface area contributed by atoms with Crippen molar-refractivity contribution in [3.05, 3.63) is 126 Å². The Labute approximate surface area is 281 Å². The van der Waals surface area contributed by atoms with E-state index in [1.54, 1.807) is 0 Å². The summed E-state index contributed by atoms with van der Waals surface area (Å²) in [4.78, 5) is 25.4. The molecule has 1 saturated heterocycles. The molecule has 0 unspecified atom stereocenters. The van der Waals surface area contributed by atoms with Gasteiger partial charge in [-0.2, -0.15) is 0 Å². The molecule has 1 fully saturated rings. The molecule has 2 aromatic rings. The molecule has 0 aliphatic carbocycles. The first-order valence-corrected chi connectivity index (χ1v) is 17.1. The first-order valence-electron chi connectivity index (χ1n) is 16.7. The number of para-hydroxylation sites is 1. The molecule has 0 saturated carbocycles. The van der Waals surface area contributed by atoms with Crippen molar-refractivity contribution in [3.8, 4) is 0 Å². The molecule has 0 spiro atoms. The summed E-state index contributed by atoms with van der Waals surface area (Å²) in [5, 5.41) is 0.608. The zero-order valence-corrected chi connectivity index (χ0v) is 28.3. The van der Waals surface area contributed by atoms with Crippen LogP contribution in [0.15, 0.2) is 120 Å². The molecule has 2 heterocycles. The molecular weight excluding hydrogens is 588 g/mol. The molecule has 0 atom stereocenters. The fourth-order valence-corrected chi connectivity index (χ4v) is 5.59. The van der Waals surface area contributed by atoms with Gasteiger partial charge in [-0.1, -0.05) is 104 Å². The molecule has 0 aromatic heterocycles. The monoisotopic (exact) mass is 636 g/mol. The van der Waals surface area contributed by atoms with Crippen LogP contribution in [0.25, 0.3) is 0 Å². The normalized spacial score (nSPS) is 16.0. The van der Waals surface area contributed by atoms with Crippen LogP contribution in [0.1, 0.15) is 63.9 Å². The molecular formula is C40H49ClN4O. The number of anilines is 2. The molecule has 0 N–H and O–H groups in total. The first-order chi connectivity index (χ1) is 22.6. The van der Waals surface area contributed by atoms with Crippen molar-refractivity contribution in [1.82, 2.24) is 9.80 Å². The summed E-state index contributed by atoms with van der Waals surface area (Å²) in [5.41, 5.74) is 3.34. The van der Waals surface area contributed by atoms with E-state index in [0.717, 1.165) is 93.2 Å². The van der Waals surface area contributed by atoms with Gasteiger partial charge in [-0.15, -0.1) is 0 Å². The third kappa shape index (κ3) is 10.9. The summed E-state index contributed by atoms with van der Waals surface area (Å²) >= 11 is 6.43. The lowest BCUT2D eigenvalue weighted by atomic mass is 10.1. The van der Waals surface area contributed by atoms with Crippen molar-refractivity contribution < 1.29 is 4.79 Å². The van der Waals surface area contributed by atoms with E-state index in [0.29, 0.717) is 17.9 Å². The van der Waals surface area contributed by atoms with Gasteiger partial charge in [-0.05, 0) is 82.3 Å². The Kier molecular flexibility index (Phi) is 14.9. The first kappa shape index (κ1) is 34.9. The number of carbonyl (C=O) groups excluding carboxylic acids is 1. The van der Waals surface area contributed by atoms with Crippen LogP contribution < -0.4 is 4.90 Å². The van der Waals surface area contributed by atoms with Crippen LogP contribution in [0.3, 0.4) is 0 Å². The Balaban J connectivity index is 1.27. The highest BCUT2D eigenvalue weighted by molar-refractivity contribution is 6.31.